The second-order valence-corrected chi connectivity index (χ2v) is 9.21. The van der Waals surface area contributed by atoms with Crippen molar-refractivity contribution in [1.82, 2.24) is 14.8 Å². The van der Waals surface area contributed by atoms with Crippen LogP contribution in [0.25, 0.3) is 5.57 Å². The number of hydrogen-bond acceptors (Lipinski definition) is 7. The molecule has 1 N–H and O–H groups in total. The number of nitrogens with zero attached hydrogens (tertiary/aromatic N) is 3. The fourth-order valence-electron chi connectivity index (χ4n) is 3.96. The summed E-state index contributed by atoms with van der Waals surface area (Å²) in [5.74, 6) is -2.83. The number of fused-ring (bicyclic) bond motifs is 1. The number of carbonyl (C=O) groups excluding carboxylic acids is 2. The normalized spacial score (nSPS) is 20.8. The number of allylic oxidation sites excluding steroid dienone is 1. The lowest BCUT2D eigenvalue weighted by Gasteiger charge is -2.37. The summed E-state index contributed by atoms with van der Waals surface area (Å²) in [6, 6.07) is 3.36. The lowest BCUT2D eigenvalue weighted by molar-refractivity contribution is -0.144. The molecule has 4 rings (SSSR count). The SMILES string of the molecule is C=C(O)C(=O)/C(=C\N1CC(=O)N2[C@@H](C)CO[C@@H]2C1)c1nc(C)c(Cc2ccc(F)cc2F)s1. The van der Waals surface area contributed by atoms with Crippen molar-refractivity contribution in [3.05, 3.63) is 69.5 Å². The maximum Gasteiger partial charge on any atom is 0.244 e. The number of aliphatic hydroxyl groups excluding tert-OH is 1. The third kappa shape index (κ3) is 4.67. The van der Waals surface area contributed by atoms with E-state index in [1.165, 1.54) is 18.3 Å². The van der Waals surface area contributed by atoms with Gasteiger partial charge in [-0.25, -0.2) is 13.8 Å². The number of rotatable bonds is 6. The molecular weight excluding hydrogens is 452 g/mol. The van der Waals surface area contributed by atoms with Crippen molar-refractivity contribution in [1.29, 1.82) is 0 Å². The van der Waals surface area contributed by atoms with Gasteiger partial charge >= 0.3 is 0 Å². The number of aryl methyl sites for hydroxylation is 1. The van der Waals surface area contributed by atoms with Crippen molar-refractivity contribution in [2.45, 2.75) is 32.5 Å². The quantitative estimate of drug-likeness (QED) is 0.511. The molecule has 0 radical (unpaired) electrons. The second-order valence-electron chi connectivity index (χ2n) is 8.13. The fourth-order valence-corrected chi connectivity index (χ4v) is 5.05. The minimum absolute atomic E-state index is 0.0111. The van der Waals surface area contributed by atoms with Gasteiger partial charge in [0.1, 0.15) is 22.9 Å². The monoisotopic (exact) mass is 475 g/mol. The van der Waals surface area contributed by atoms with Gasteiger partial charge in [0.2, 0.25) is 11.7 Å². The van der Waals surface area contributed by atoms with Crippen molar-refractivity contribution in [3.63, 3.8) is 0 Å². The van der Waals surface area contributed by atoms with E-state index in [2.05, 4.69) is 11.6 Å². The van der Waals surface area contributed by atoms with Gasteiger partial charge in [-0.3, -0.25) is 9.59 Å². The van der Waals surface area contributed by atoms with Crippen LogP contribution >= 0.6 is 11.3 Å². The fraction of sp³-hybridized carbons (Fsp3) is 0.348. The zero-order chi connectivity index (χ0) is 23.9. The number of thiazole rings is 1. The van der Waals surface area contributed by atoms with Crippen LogP contribution in [0.15, 0.2) is 36.7 Å². The van der Waals surface area contributed by atoms with E-state index in [-0.39, 0.29) is 30.5 Å². The highest BCUT2D eigenvalue weighted by molar-refractivity contribution is 7.13. The summed E-state index contributed by atoms with van der Waals surface area (Å²) >= 11 is 1.16. The minimum atomic E-state index is -0.723. The number of ketones is 1. The largest absolute Gasteiger partial charge is 0.505 e. The first-order chi connectivity index (χ1) is 15.6. The summed E-state index contributed by atoms with van der Waals surface area (Å²) in [6.07, 6.45) is 1.25. The van der Waals surface area contributed by atoms with Gasteiger partial charge in [0.05, 0.1) is 37.0 Å². The van der Waals surface area contributed by atoms with Gasteiger partial charge in [-0.2, -0.15) is 0 Å². The predicted molar refractivity (Wildman–Crippen MR) is 118 cm³/mol. The number of aromatic nitrogens is 1. The molecule has 2 aliphatic rings. The zero-order valence-corrected chi connectivity index (χ0v) is 19.0. The van der Waals surface area contributed by atoms with Crippen LogP contribution in [-0.4, -0.2) is 63.5 Å². The number of hydrogen-bond donors (Lipinski definition) is 1. The van der Waals surface area contributed by atoms with Crippen LogP contribution in [0.4, 0.5) is 8.78 Å². The molecule has 10 heteroatoms. The van der Waals surface area contributed by atoms with Crippen LogP contribution in [0, 0.1) is 18.6 Å². The molecule has 2 fully saturated rings. The molecule has 7 nitrogen and oxygen atoms in total. The van der Waals surface area contributed by atoms with Crippen LogP contribution in [0.2, 0.25) is 0 Å². The van der Waals surface area contributed by atoms with Crippen LogP contribution < -0.4 is 0 Å². The molecule has 0 aliphatic carbocycles. The van der Waals surface area contributed by atoms with Gasteiger partial charge < -0.3 is 19.6 Å². The summed E-state index contributed by atoms with van der Waals surface area (Å²) in [4.78, 5) is 33.8. The van der Waals surface area contributed by atoms with Gasteiger partial charge in [-0.1, -0.05) is 12.6 Å². The average Bonchev–Trinajstić information content (AvgIpc) is 3.30. The third-order valence-electron chi connectivity index (χ3n) is 5.64. The summed E-state index contributed by atoms with van der Waals surface area (Å²) in [5, 5.41) is 10.1. The molecule has 2 atom stereocenters. The van der Waals surface area contributed by atoms with E-state index in [4.69, 9.17) is 4.74 Å². The molecule has 3 heterocycles. The number of aliphatic hydroxyl groups is 1. The third-order valence-corrected chi connectivity index (χ3v) is 6.83. The standard InChI is InChI=1S/C23H23F2N3O4S/c1-12-11-32-21-10-27(9-20(30)28(12)21)8-17(22(31)14(3)29)23-26-13(2)19(33-23)6-15-4-5-16(24)7-18(15)25/h4-5,7-8,12,21,29H,3,6,9-11H2,1-2H3/b17-8+/t12-,21+/m0/s1. The molecule has 0 unspecified atom stereocenters. The Bertz CT molecular complexity index is 1160. The number of carbonyl (C=O) groups is 2. The van der Waals surface area contributed by atoms with E-state index in [9.17, 15) is 23.5 Å². The van der Waals surface area contributed by atoms with Gasteiger partial charge in [0.25, 0.3) is 0 Å². The Morgan fingerprint density at radius 3 is 2.88 bits per heavy atom. The molecule has 2 saturated heterocycles. The Kier molecular flexibility index (Phi) is 6.31. The van der Waals surface area contributed by atoms with Crippen LogP contribution in [0.3, 0.4) is 0 Å². The molecule has 2 aromatic rings. The van der Waals surface area contributed by atoms with Crippen LogP contribution in [0.1, 0.15) is 28.1 Å². The van der Waals surface area contributed by atoms with E-state index in [0.717, 1.165) is 17.4 Å². The summed E-state index contributed by atoms with van der Waals surface area (Å²) in [6.45, 7) is 7.83. The summed E-state index contributed by atoms with van der Waals surface area (Å²) in [7, 11) is 0. The maximum absolute atomic E-state index is 14.1. The van der Waals surface area contributed by atoms with E-state index >= 15 is 0 Å². The molecule has 0 bridgehead atoms. The Labute approximate surface area is 193 Å². The maximum atomic E-state index is 14.1. The minimum Gasteiger partial charge on any atom is -0.505 e. The van der Waals surface area contributed by atoms with Crippen molar-refractivity contribution in [3.8, 4) is 0 Å². The highest BCUT2D eigenvalue weighted by Gasteiger charge is 2.40. The van der Waals surface area contributed by atoms with Crippen molar-refractivity contribution >= 4 is 28.6 Å². The Balaban J connectivity index is 1.64. The highest BCUT2D eigenvalue weighted by Crippen LogP contribution is 2.30. The molecule has 1 amide bonds. The van der Waals surface area contributed by atoms with E-state index in [1.54, 1.807) is 16.7 Å². The smallest absolute Gasteiger partial charge is 0.244 e. The molecule has 1 aromatic heterocycles. The number of Topliss-reactive ketones (excluding diaryl/α,β-unsaturated/α-hetero) is 1. The Morgan fingerprint density at radius 1 is 1.42 bits per heavy atom. The van der Waals surface area contributed by atoms with Gasteiger partial charge in [0, 0.05) is 23.6 Å². The van der Waals surface area contributed by atoms with Crippen LogP contribution in [0.5, 0.6) is 0 Å². The second kappa shape index (κ2) is 9.03. The zero-order valence-electron chi connectivity index (χ0n) is 18.2. The molecule has 2 aliphatic heterocycles. The molecule has 0 spiro atoms. The number of ether oxygens (including phenoxy) is 1. The molecule has 0 saturated carbocycles. The van der Waals surface area contributed by atoms with Gasteiger partial charge in [-0.05, 0) is 25.5 Å². The number of benzene rings is 1. The van der Waals surface area contributed by atoms with Crippen molar-refractivity contribution < 1.29 is 28.2 Å². The van der Waals surface area contributed by atoms with E-state index in [1.807, 2.05) is 6.92 Å². The summed E-state index contributed by atoms with van der Waals surface area (Å²) < 4.78 is 33.0. The number of piperazine rings is 1. The Morgan fingerprint density at radius 2 is 2.18 bits per heavy atom. The Hall–Kier alpha value is -3.11. The van der Waals surface area contributed by atoms with E-state index in [0.29, 0.717) is 34.3 Å². The number of halogens is 2. The topological polar surface area (TPSA) is 83.0 Å². The van der Waals surface area contributed by atoms with Gasteiger partial charge in [-0.15, -0.1) is 11.3 Å². The molecular formula is C23H23F2N3O4S. The average molecular weight is 476 g/mol. The molecule has 174 valence electrons. The van der Waals surface area contributed by atoms with Gasteiger partial charge in [0.15, 0.2) is 5.76 Å². The lowest BCUT2D eigenvalue weighted by atomic mass is 10.1. The number of amides is 1. The predicted octanol–water partition coefficient (Wildman–Crippen LogP) is 3.19. The first-order valence-electron chi connectivity index (χ1n) is 10.4. The van der Waals surface area contributed by atoms with Crippen LogP contribution in [-0.2, 0) is 20.7 Å². The lowest BCUT2D eigenvalue weighted by Crippen LogP contribution is -2.54. The first-order valence-corrected chi connectivity index (χ1v) is 11.2. The van der Waals surface area contributed by atoms with Crippen molar-refractivity contribution in [2.24, 2.45) is 0 Å². The first kappa shape index (κ1) is 23.1. The van der Waals surface area contributed by atoms with E-state index < -0.39 is 29.4 Å². The summed E-state index contributed by atoms with van der Waals surface area (Å²) in [5.41, 5.74) is 0.955. The molecule has 33 heavy (non-hydrogen) atoms. The molecule has 1 aromatic carbocycles. The van der Waals surface area contributed by atoms with Crippen molar-refractivity contribution in [2.75, 3.05) is 19.7 Å². The highest BCUT2D eigenvalue weighted by atomic mass is 32.1.